The third-order valence-corrected chi connectivity index (χ3v) is 5.23. The maximum atomic E-state index is 12.8. The van der Waals surface area contributed by atoms with Gasteiger partial charge in [-0.25, -0.2) is 0 Å². The number of allylic oxidation sites excluding steroid dienone is 3. The van der Waals surface area contributed by atoms with E-state index in [1.54, 1.807) is 0 Å². The first-order valence-electron chi connectivity index (χ1n) is 7.44. The van der Waals surface area contributed by atoms with Crippen molar-refractivity contribution in [3.05, 3.63) is 56.2 Å². The van der Waals surface area contributed by atoms with E-state index in [1.165, 1.54) is 0 Å². The number of nitriles is 1. The molecule has 1 unspecified atom stereocenters. The van der Waals surface area contributed by atoms with Gasteiger partial charge in [0.2, 0.25) is 0 Å². The van der Waals surface area contributed by atoms with E-state index >= 15 is 0 Å². The number of hydrogen-bond acceptors (Lipinski definition) is 4. The minimum absolute atomic E-state index is 0.0780. The van der Waals surface area contributed by atoms with Gasteiger partial charge in [0, 0.05) is 22.2 Å². The molecule has 118 valence electrons. The number of carbonyl (C=O) groups is 1. The van der Waals surface area contributed by atoms with Gasteiger partial charge in [-0.05, 0) is 29.5 Å². The number of thiol groups is 1. The third kappa shape index (κ3) is 2.98. The summed E-state index contributed by atoms with van der Waals surface area (Å²) in [5.74, 6) is -0.217. The molecule has 0 saturated carbocycles. The highest BCUT2D eigenvalue weighted by atomic mass is 79.9. The molecule has 3 nitrogen and oxygen atoms in total. The fourth-order valence-electron chi connectivity index (χ4n) is 3.38. The van der Waals surface area contributed by atoms with Gasteiger partial charge in [-0.2, -0.15) is 5.26 Å². The van der Waals surface area contributed by atoms with Crippen molar-refractivity contribution in [1.82, 2.24) is 5.32 Å². The largest absolute Gasteiger partial charge is 0.353 e. The van der Waals surface area contributed by atoms with E-state index in [1.807, 2.05) is 24.3 Å². The van der Waals surface area contributed by atoms with Crippen LogP contribution in [0.2, 0.25) is 0 Å². The van der Waals surface area contributed by atoms with E-state index in [9.17, 15) is 10.1 Å². The quantitative estimate of drug-likeness (QED) is 0.698. The minimum atomic E-state index is -0.333. The Labute approximate surface area is 150 Å². The van der Waals surface area contributed by atoms with Gasteiger partial charge in [0.25, 0.3) is 0 Å². The molecular formula is C18H17BrN2OS. The van der Waals surface area contributed by atoms with E-state index in [4.69, 9.17) is 0 Å². The highest BCUT2D eigenvalue weighted by Gasteiger charge is 2.41. The Morgan fingerprint density at radius 3 is 2.57 bits per heavy atom. The van der Waals surface area contributed by atoms with Crippen molar-refractivity contribution >= 4 is 34.3 Å². The Morgan fingerprint density at radius 2 is 1.96 bits per heavy atom. The zero-order valence-corrected chi connectivity index (χ0v) is 15.5. The molecule has 1 heterocycles. The molecule has 1 atom stereocenters. The minimum Gasteiger partial charge on any atom is -0.353 e. The van der Waals surface area contributed by atoms with Crippen molar-refractivity contribution < 1.29 is 4.79 Å². The Balaban J connectivity index is 2.17. The van der Waals surface area contributed by atoms with Crippen LogP contribution in [0.5, 0.6) is 0 Å². The summed E-state index contributed by atoms with van der Waals surface area (Å²) in [6.07, 6.45) is 1.28. The van der Waals surface area contributed by atoms with E-state index in [0.717, 1.165) is 27.7 Å². The average Bonchev–Trinajstić information content (AvgIpc) is 2.45. The SMILES string of the molecule is CC1(C)CC(=O)C2=C(C1)NC(S)=C(C#N)C2c1ccc(Br)cc1. The first-order valence-corrected chi connectivity index (χ1v) is 8.68. The van der Waals surface area contributed by atoms with E-state index in [2.05, 4.69) is 53.8 Å². The molecule has 0 bridgehead atoms. The summed E-state index contributed by atoms with van der Waals surface area (Å²) in [4.78, 5) is 12.8. The molecule has 23 heavy (non-hydrogen) atoms. The van der Waals surface area contributed by atoms with Gasteiger partial charge in [-0.3, -0.25) is 4.79 Å². The number of nitrogens with zero attached hydrogens (tertiary/aromatic N) is 1. The molecule has 0 radical (unpaired) electrons. The zero-order valence-electron chi connectivity index (χ0n) is 13.0. The van der Waals surface area contributed by atoms with Crippen LogP contribution in [0.25, 0.3) is 0 Å². The molecule has 0 fully saturated rings. The van der Waals surface area contributed by atoms with Crippen molar-refractivity contribution in [3.63, 3.8) is 0 Å². The predicted octanol–water partition coefficient (Wildman–Crippen LogP) is 4.44. The molecule has 3 rings (SSSR count). The second-order valence-electron chi connectivity index (χ2n) is 6.82. The van der Waals surface area contributed by atoms with Crippen LogP contribution in [-0.2, 0) is 4.79 Å². The molecule has 5 heteroatoms. The fraction of sp³-hybridized carbons (Fsp3) is 0.333. The number of dihydropyridines is 1. The molecule has 0 spiro atoms. The molecule has 0 aromatic heterocycles. The first-order chi connectivity index (χ1) is 10.8. The number of Topliss-reactive ketones (excluding diaryl/α,β-unsaturated/α-hetero) is 1. The molecule has 1 aliphatic heterocycles. The smallest absolute Gasteiger partial charge is 0.162 e. The summed E-state index contributed by atoms with van der Waals surface area (Å²) in [6.45, 7) is 4.18. The topological polar surface area (TPSA) is 52.9 Å². The fourth-order valence-corrected chi connectivity index (χ4v) is 3.96. The summed E-state index contributed by atoms with van der Waals surface area (Å²) in [7, 11) is 0. The number of rotatable bonds is 1. The average molecular weight is 389 g/mol. The van der Waals surface area contributed by atoms with Crippen molar-refractivity contribution in [2.75, 3.05) is 0 Å². The number of carbonyl (C=O) groups excluding carboxylic acids is 1. The van der Waals surface area contributed by atoms with Gasteiger partial charge in [0.1, 0.15) is 0 Å². The number of halogens is 1. The molecule has 1 aromatic rings. The van der Waals surface area contributed by atoms with Crippen LogP contribution in [-0.4, -0.2) is 5.78 Å². The van der Waals surface area contributed by atoms with Crippen LogP contribution in [0.3, 0.4) is 0 Å². The lowest BCUT2D eigenvalue weighted by atomic mass is 9.69. The summed E-state index contributed by atoms with van der Waals surface area (Å²) in [6, 6.07) is 10.0. The van der Waals surface area contributed by atoms with Crippen LogP contribution in [0.15, 0.2) is 50.6 Å². The van der Waals surface area contributed by atoms with Gasteiger partial charge >= 0.3 is 0 Å². The van der Waals surface area contributed by atoms with Crippen LogP contribution in [0.4, 0.5) is 0 Å². The van der Waals surface area contributed by atoms with Gasteiger partial charge in [0.15, 0.2) is 5.78 Å². The van der Waals surface area contributed by atoms with E-state index in [-0.39, 0.29) is 17.1 Å². The Kier molecular flexibility index (Phi) is 4.16. The standard InChI is InChI=1S/C18H17BrN2OS/c1-18(2)7-13-16(14(22)8-18)15(12(9-20)17(23)21-13)10-3-5-11(19)6-4-10/h3-6,15,21,23H,7-8H2,1-2H3. The summed E-state index contributed by atoms with van der Waals surface area (Å²) in [5, 5.41) is 13.3. The second kappa shape index (κ2) is 5.85. The lowest BCUT2D eigenvalue weighted by Gasteiger charge is -2.38. The van der Waals surface area contributed by atoms with Gasteiger partial charge in [0.05, 0.1) is 22.6 Å². The van der Waals surface area contributed by atoms with Crippen LogP contribution in [0, 0.1) is 16.7 Å². The summed E-state index contributed by atoms with van der Waals surface area (Å²) in [5.41, 5.74) is 3.00. The lowest BCUT2D eigenvalue weighted by molar-refractivity contribution is -0.118. The summed E-state index contributed by atoms with van der Waals surface area (Å²) >= 11 is 7.89. The molecule has 0 amide bonds. The van der Waals surface area contributed by atoms with Crippen molar-refractivity contribution in [1.29, 1.82) is 5.26 Å². The Morgan fingerprint density at radius 1 is 1.30 bits per heavy atom. The third-order valence-electron chi connectivity index (χ3n) is 4.35. The van der Waals surface area contributed by atoms with Crippen LogP contribution >= 0.6 is 28.6 Å². The normalized spacial score (nSPS) is 23.3. The van der Waals surface area contributed by atoms with Gasteiger partial charge in [-0.1, -0.05) is 41.9 Å². The van der Waals surface area contributed by atoms with Crippen LogP contribution < -0.4 is 5.32 Å². The maximum absolute atomic E-state index is 12.8. The van der Waals surface area contributed by atoms with Crippen molar-refractivity contribution in [2.24, 2.45) is 5.41 Å². The molecule has 1 aromatic carbocycles. The van der Waals surface area contributed by atoms with E-state index < -0.39 is 0 Å². The molecule has 2 aliphatic rings. The Hall–Kier alpha value is -1.51. The molecule has 1 aliphatic carbocycles. The van der Waals surface area contributed by atoms with E-state index in [0.29, 0.717) is 17.0 Å². The number of nitrogens with one attached hydrogen (secondary N) is 1. The van der Waals surface area contributed by atoms with Gasteiger partial charge < -0.3 is 5.32 Å². The first kappa shape index (κ1) is 16.4. The van der Waals surface area contributed by atoms with Crippen molar-refractivity contribution in [2.45, 2.75) is 32.6 Å². The van der Waals surface area contributed by atoms with Crippen LogP contribution in [0.1, 0.15) is 38.2 Å². The molecule has 0 saturated heterocycles. The maximum Gasteiger partial charge on any atom is 0.162 e. The molecular weight excluding hydrogens is 372 g/mol. The van der Waals surface area contributed by atoms with Gasteiger partial charge in [-0.15, -0.1) is 12.6 Å². The second-order valence-corrected chi connectivity index (χ2v) is 8.18. The highest BCUT2D eigenvalue weighted by molar-refractivity contribution is 9.10. The predicted molar refractivity (Wildman–Crippen MR) is 96.7 cm³/mol. The highest BCUT2D eigenvalue weighted by Crippen LogP contribution is 2.46. The monoisotopic (exact) mass is 388 g/mol. The number of ketones is 1. The summed E-state index contributed by atoms with van der Waals surface area (Å²) < 4.78 is 0.967. The molecule has 1 N–H and O–H groups in total. The van der Waals surface area contributed by atoms with Crippen molar-refractivity contribution in [3.8, 4) is 6.07 Å². The number of benzene rings is 1. The zero-order chi connectivity index (χ0) is 16.8. The lowest BCUT2D eigenvalue weighted by Crippen LogP contribution is -2.36. The Bertz CT molecular complexity index is 784. The number of hydrogen-bond donors (Lipinski definition) is 2.